The second-order valence-corrected chi connectivity index (χ2v) is 4.93. The quantitative estimate of drug-likeness (QED) is 0.846. The molecule has 1 unspecified atom stereocenters. The molecule has 1 aromatic heterocycles. The van der Waals surface area contributed by atoms with Crippen LogP contribution in [0.3, 0.4) is 0 Å². The molecule has 2 aromatic rings. The maximum atomic E-state index is 14.5. The number of hydrogen-bond donors (Lipinski definition) is 1. The summed E-state index contributed by atoms with van der Waals surface area (Å²) in [5.74, 6) is -0.00631. The molecule has 0 aliphatic carbocycles. The monoisotopic (exact) mass is 288 g/mol. The lowest BCUT2D eigenvalue weighted by molar-refractivity contribution is 0.379. The van der Waals surface area contributed by atoms with Crippen LogP contribution in [0.1, 0.15) is 30.5 Å². The Balaban J connectivity index is 2.27. The molecule has 4 heteroatoms. The molecule has 21 heavy (non-hydrogen) atoms. The Morgan fingerprint density at radius 3 is 2.67 bits per heavy atom. The molecule has 0 aliphatic rings. The van der Waals surface area contributed by atoms with Gasteiger partial charge in [-0.05, 0) is 43.1 Å². The zero-order chi connectivity index (χ0) is 15.1. The third kappa shape index (κ3) is 4.02. The summed E-state index contributed by atoms with van der Waals surface area (Å²) in [6, 6.07) is 9.11. The van der Waals surface area contributed by atoms with E-state index >= 15 is 0 Å². The molecule has 0 saturated carbocycles. The van der Waals surface area contributed by atoms with Crippen molar-refractivity contribution in [3.05, 3.63) is 59.7 Å². The van der Waals surface area contributed by atoms with Gasteiger partial charge in [0.25, 0.3) is 0 Å². The Labute approximate surface area is 125 Å². The van der Waals surface area contributed by atoms with Gasteiger partial charge in [-0.15, -0.1) is 0 Å². The highest BCUT2D eigenvalue weighted by Crippen LogP contribution is 2.27. The van der Waals surface area contributed by atoms with Crippen LogP contribution in [-0.4, -0.2) is 18.6 Å². The van der Waals surface area contributed by atoms with Crippen molar-refractivity contribution in [1.82, 2.24) is 10.3 Å². The van der Waals surface area contributed by atoms with E-state index in [1.165, 1.54) is 7.11 Å². The van der Waals surface area contributed by atoms with Crippen LogP contribution in [0.15, 0.2) is 42.7 Å². The lowest BCUT2D eigenvalue weighted by Gasteiger charge is -2.20. The summed E-state index contributed by atoms with van der Waals surface area (Å²) in [6.45, 7) is 2.94. The standard InChI is InChI=1S/C17H21FN2O/c1-3-9-20-15(12-13-7-10-19-11-8-13)14-5-4-6-16(21-2)17(14)18/h4-8,10-11,15,20H,3,9,12H2,1-2H3. The second kappa shape index (κ2) is 7.74. The minimum absolute atomic E-state index is 0.0811. The summed E-state index contributed by atoms with van der Waals surface area (Å²) >= 11 is 0. The first-order valence-electron chi connectivity index (χ1n) is 7.21. The van der Waals surface area contributed by atoms with Gasteiger partial charge in [-0.1, -0.05) is 19.1 Å². The maximum Gasteiger partial charge on any atom is 0.169 e. The lowest BCUT2D eigenvalue weighted by Crippen LogP contribution is -2.25. The molecule has 0 amide bonds. The number of halogens is 1. The van der Waals surface area contributed by atoms with Crippen LogP contribution < -0.4 is 10.1 Å². The summed E-state index contributed by atoms with van der Waals surface area (Å²) in [5, 5.41) is 3.41. The smallest absolute Gasteiger partial charge is 0.169 e. The third-order valence-corrected chi connectivity index (χ3v) is 3.42. The van der Waals surface area contributed by atoms with E-state index in [4.69, 9.17) is 4.74 Å². The van der Waals surface area contributed by atoms with Crippen molar-refractivity contribution in [2.75, 3.05) is 13.7 Å². The number of rotatable bonds is 7. The molecule has 112 valence electrons. The highest BCUT2D eigenvalue weighted by molar-refractivity contribution is 5.34. The first-order chi connectivity index (χ1) is 10.3. The van der Waals surface area contributed by atoms with E-state index in [2.05, 4.69) is 17.2 Å². The van der Waals surface area contributed by atoms with Gasteiger partial charge in [0.2, 0.25) is 0 Å². The Hall–Kier alpha value is -1.94. The van der Waals surface area contributed by atoms with Crippen LogP contribution >= 0.6 is 0 Å². The number of hydrogen-bond acceptors (Lipinski definition) is 3. The van der Waals surface area contributed by atoms with E-state index in [1.807, 2.05) is 24.3 Å². The van der Waals surface area contributed by atoms with Gasteiger partial charge in [0.1, 0.15) is 0 Å². The first-order valence-corrected chi connectivity index (χ1v) is 7.21. The minimum Gasteiger partial charge on any atom is -0.494 e. The molecule has 0 radical (unpaired) electrons. The van der Waals surface area contributed by atoms with E-state index in [1.54, 1.807) is 18.5 Å². The molecule has 0 bridgehead atoms. The number of benzene rings is 1. The molecule has 0 spiro atoms. The van der Waals surface area contributed by atoms with Crippen molar-refractivity contribution in [1.29, 1.82) is 0 Å². The van der Waals surface area contributed by atoms with Crippen molar-refractivity contribution in [3.8, 4) is 5.75 Å². The molecule has 3 nitrogen and oxygen atoms in total. The molecule has 1 N–H and O–H groups in total. The molecule has 0 saturated heterocycles. The summed E-state index contributed by atoms with van der Waals surface area (Å²) < 4.78 is 19.6. The predicted molar refractivity (Wildman–Crippen MR) is 81.9 cm³/mol. The van der Waals surface area contributed by atoms with Crippen LogP contribution in [0.4, 0.5) is 4.39 Å². The lowest BCUT2D eigenvalue weighted by atomic mass is 9.98. The van der Waals surface area contributed by atoms with E-state index in [-0.39, 0.29) is 17.6 Å². The number of methoxy groups -OCH3 is 1. The van der Waals surface area contributed by atoms with Crippen LogP contribution in [0.25, 0.3) is 0 Å². The number of nitrogens with zero attached hydrogens (tertiary/aromatic N) is 1. The van der Waals surface area contributed by atoms with Gasteiger partial charge < -0.3 is 10.1 Å². The van der Waals surface area contributed by atoms with Gasteiger partial charge >= 0.3 is 0 Å². The average Bonchev–Trinajstić information content (AvgIpc) is 2.53. The fraction of sp³-hybridized carbons (Fsp3) is 0.353. The van der Waals surface area contributed by atoms with E-state index in [0.29, 0.717) is 12.0 Å². The van der Waals surface area contributed by atoms with Crippen LogP contribution in [0, 0.1) is 5.82 Å². The van der Waals surface area contributed by atoms with Gasteiger partial charge in [0.15, 0.2) is 11.6 Å². The SMILES string of the molecule is CCCNC(Cc1ccncc1)c1cccc(OC)c1F. The largest absolute Gasteiger partial charge is 0.494 e. The van der Waals surface area contributed by atoms with E-state index in [0.717, 1.165) is 18.5 Å². The average molecular weight is 288 g/mol. The highest BCUT2D eigenvalue weighted by atomic mass is 19.1. The Morgan fingerprint density at radius 1 is 1.24 bits per heavy atom. The van der Waals surface area contributed by atoms with Crippen molar-refractivity contribution in [3.63, 3.8) is 0 Å². The number of ether oxygens (including phenoxy) is 1. The number of pyridine rings is 1. The molecule has 0 fully saturated rings. The summed E-state index contributed by atoms with van der Waals surface area (Å²) in [5.41, 5.74) is 1.76. The maximum absolute atomic E-state index is 14.5. The summed E-state index contributed by atoms with van der Waals surface area (Å²) in [6.07, 6.45) is 5.23. The Kier molecular flexibility index (Phi) is 5.69. The third-order valence-electron chi connectivity index (χ3n) is 3.42. The van der Waals surface area contributed by atoms with E-state index in [9.17, 15) is 4.39 Å². The van der Waals surface area contributed by atoms with Gasteiger partial charge in [-0.2, -0.15) is 0 Å². The molecule has 0 aliphatic heterocycles. The zero-order valence-corrected chi connectivity index (χ0v) is 12.5. The minimum atomic E-state index is -0.289. The van der Waals surface area contributed by atoms with Crippen molar-refractivity contribution < 1.29 is 9.13 Å². The first kappa shape index (κ1) is 15.4. The second-order valence-electron chi connectivity index (χ2n) is 4.93. The van der Waals surface area contributed by atoms with E-state index < -0.39 is 0 Å². The molecule has 1 atom stereocenters. The van der Waals surface area contributed by atoms with Crippen molar-refractivity contribution in [2.45, 2.75) is 25.8 Å². The molecular formula is C17H21FN2O. The van der Waals surface area contributed by atoms with Crippen LogP contribution in [-0.2, 0) is 6.42 Å². The Morgan fingerprint density at radius 2 is 2.00 bits per heavy atom. The van der Waals surface area contributed by atoms with Crippen molar-refractivity contribution >= 4 is 0 Å². The predicted octanol–water partition coefficient (Wildman–Crippen LogP) is 3.51. The summed E-state index contributed by atoms with van der Waals surface area (Å²) in [4.78, 5) is 4.02. The molecule has 2 rings (SSSR count). The van der Waals surface area contributed by atoms with Gasteiger partial charge in [0, 0.05) is 24.0 Å². The van der Waals surface area contributed by atoms with Crippen LogP contribution in [0.2, 0.25) is 0 Å². The number of nitrogens with one attached hydrogen (secondary N) is 1. The van der Waals surface area contributed by atoms with Gasteiger partial charge in [0.05, 0.1) is 7.11 Å². The van der Waals surface area contributed by atoms with Gasteiger partial charge in [-0.3, -0.25) is 4.98 Å². The number of aromatic nitrogens is 1. The Bertz CT molecular complexity index is 560. The summed E-state index contributed by atoms with van der Waals surface area (Å²) in [7, 11) is 1.49. The zero-order valence-electron chi connectivity index (χ0n) is 12.5. The van der Waals surface area contributed by atoms with Crippen LogP contribution in [0.5, 0.6) is 5.75 Å². The topological polar surface area (TPSA) is 34.2 Å². The van der Waals surface area contributed by atoms with Gasteiger partial charge in [-0.25, -0.2) is 4.39 Å². The fourth-order valence-electron chi connectivity index (χ4n) is 2.32. The normalized spacial score (nSPS) is 12.1. The fourth-order valence-corrected chi connectivity index (χ4v) is 2.32. The highest BCUT2D eigenvalue weighted by Gasteiger charge is 2.18. The molecule has 1 heterocycles. The molecule has 1 aromatic carbocycles. The molecular weight excluding hydrogens is 267 g/mol. The van der Waals surface area contributed by atoms with Crippen molar-refractivity contribution in [2.24, 2.45) is 0 Å².